The first-order valence-corrected chi connectivity index (χ1v) is 7.47. The molecule has 6 heteroatoms. The van der Waals surface area contributed by atoms with E-state index in [2.05, 4.69) is 16.0 Å². The number of amides is 3. The number of rotatable bonds is 4. The summed E-state index contributed by atoms with van der Waals surface area (Å²) in [5, 5.41) is 16.9. The predicted octanol–water partition coefficient (Wildman–Crippen LogP) is 3.34. The molecule has 0 aliphatic heterocycles. The number of nitrogens with zero attached hydrogens (tertiary/aromatic N) is 1. The van der Waals surface area contributed by atoms with E-state index in [0.717, 1.165) is 0 Å². The summed E-state index contributed by atoms with van der Waals surface area (Å²) >= 11 is 0. The van der Waals surface area contributed by atoms with Gasteiger partial charge in [0.05, 0.1) is 11.6 Å². The minimum Gasteiger partial charge on any atom is -0.336 e. The zero-order valence-electron chi connectivity index (χ0n) is 13.5. The molecule has 0 aromatic heterocycles. The van der Waals surface area contributed by atoms with Crippen LogP contribution in [-0.4, -0.2) is 18.0 Å². The van der Waals surface area contributed by atoms with Crippen LogP contribution in [0.4, 0.5) is 16.2 Å². The van der Waals surface area contributed by atoms with E-state index >= 15 is 0 Å². The van der Waals surface area contributed by atoms with Crippen molar-refractivity contribution in [2.75, 3.05) is 10.6 Å². The number of urea groups is 1. The van der Waals surface area contributed by atoms with Crippen molar-refractivity contribution in [3.05, 3.63) is 59.7 Å². The quantitative estimate of drug-likeness (QED) is 0.805. The SMILES string of the molecule is CC(C)NC(=O)Nc1ccc(NC(=O)c2ccc(C#N)cc2)cc1. The molecule has 2 aromatic carbocycles. The van der Waals surface area contributed by atoms with Gasteiger partial charge < -0.3 is 16.0 Å². The highest BCUT2D eigenvalue weighted by Gasteiger charge is 2.07. The van der Waals surface area contributed by atoms with Crippen molar-refractivity contribution in [3.63, 3.8) is 0 Å². The Bertz CT molecular complexity index is 759. The molecular formula is C18H18N4O2. The molecular weight excluding hydrogens is 304 g/mol. The van der Waals surface area contributed by atoms with Crippen LogP contribution in [0.1, 0.15) is 29.8 Å². The Kier molecular flexibility index (Phi) is 5.53. The van der Waals surface area contributed by atoms with Crippen molar-refractivity contribution in [2.24, 2.45) is 0 Å². The van der Waals surface area contributed by atoms with E-state index in [4.69, 9.17) is 5.26 Å². The Morgan fingerprint density at radius 1 is 0.917 bits per heavy atom. The van der Waals surface area contributed by atoms with Crippen molar-refractivity contribution in [3.8, 4) is 6.07 Å². The van der Waals surface area contributed by atoms with Crippen LogP contribution in [0.25, 0.3) is 0 Å². The largest absolute Gasteiger partial charge is 0.336 e. The number of anilines is 2. The molecule has 0 radical (unpaired) electrons. The lowest BCUT2D eigenvalue weighted by Gasteiger charge is -2.11. The van der Waals surface area contributed by atoms with Gasteiger partial charge in [-0.05, 0) is 62.4 Å². The molecule has 0 aliphatic carbocycles. The number of carbonyl (C=O) groups is 2. The third-order valence-corrected chi connectivity index (χ3v) is 3.10. The van der Waals surface area contributed by atoms with Crippen LogP contribution in [0.5, 0.6) is 0 Å². The van der Waals surface area contributed by atoms with Gasteiger partial charge in [0.15, 0.2) is 0 Å². The van der Waals surface area contributed by atoms with Crippen LogP contribution >= 0.6 is 0 Å². The second kappa shape index (κ2) is 7.79. The number of carbonyl (C=O) groups excluding carboxylic acids is 2. The summed E-state index contributed by atoms with van der Waals surface area (Å²) in [4.78, 5) is 23.7. The van der Waals surface area contributed by atoms with Gasteiger partial charge in [0, 0.05) is 23.0 Å². The molecule has 2 rings (SSSR count). The summed E-state index contributed by atoms with van der Waals surface area (Å²) in [6, 6.07) is 15.0. The molecule has 6 nitrogen and oxygen atoms in total. The van der Waals surface area contributed by atoms with Crippen LogP contribution < -0.4 is 16.0 Å². The summed E-state index contributed by atoms with van der Waals surface area (Å²) in [5.74, 6) is -0.266. The molecule has 0 atom stereocenters. The lowest BCUT2D eigenvalue weighted by Crippen LogP contribution is -2.34. The van der Waals surface area contributed by atoms with Gasteiger partial charge in [-0.2, -0.15) is 5.26 Å². The minimum absolute atomic E-state index is 0.0518. The van der Waals surface area contributed by atoms with Crippen molar-refractivity contribution in [1.82, 2.24) is 5.32 Å². The predicted molar refractivity (Wildman–Crippen MR) is 92.8 cm³/mol. The second-order valence-corrected chi connectivity index (χ2v) is 5.47. The fourth-order valence-corrected chi connectivity index (χ4v) is 1.97. The van der Waals surface area contributed by atoms with Gasteiger partial charge in [0.25, 0.3) is 5.91 Å². The van der Waals surface area contributed by atoms with Crippen molar-refractivity contribution >= 4 is 23.3 Å². The van der Waals surface area contributed by atoms with Gasteiger partial charge in [0.1, 0.15) is 0 Å². The first-order chi connectivity index (χ1) is 11.5. The lowest BCUT2D eigenvalue weighted by atomic mass is 10.1. The lowest BCUT2D eigenvalue weighted by molar-refractivity contribution is 0.102. The van der Waals surface area contributed by atoms with Crippen molar-refractivity contribution < 1.29 is 9.59 Å². The minimum atomic E-state index is -0.278. The molecule has 0 saturated carbocycles. The van der Waals surface area contributed by atoms with Crippen LogP contribution in [0.15, 0.2) is 48.5 Å². The Balaban J connectivity index is 1.96. The van der Waals surface area contributed by atoms with E-state index in [1.807, 2.05) is 19.9 Å². The van der Waals surface area contributed by atoms with E-state index in [1.165, 1.54) is 0 Å². The molecule has 0 fully saturated rings. The maximum atomic E-state index is 12.1. The van der Waals surface area contributed by atoms with Crippen molar-refractivity contribution in [1.29, 1.82) is 5.26 Å². The fourth-order valence-electron chi connectivity index (χ4n) is 1.97. The molecule has 24 heavy (non-hydrogen) atoms. The average Bonchev–Trinajstić information content (AvgIpc) is 2.56. The van der Waals surface area contributed by atoms with Gasteiger partial charge in [-0.1, -0.05) is 0 Å². The molecule has 122 valence electrons. The van der Waals surface area contributed by atoms with Gasteiger partial charge >= 0.3 is 6.03 Å². The summed E-state index contributed by atoms with van der Waals surface area (Å²) in [7, 11) is 0. The highest BCUT2D eigenvalue weighted by molar-refractivity contribution is 6.04. The molecule has 0 unspecified atom stereocenters. The summed E-state index contributed by atoms with van der Waals surface area (Å²) in [5.41, 5.74) is 2.21. The number of nitriles is 1. The van der Waals surface area contributed by atoms with Gasteiger partial charge in [-0.25, -0.2) is 4.79 Å². The first-order valence-electron chi connectivity index (χ1n) is 7.47. The zero-order chi connectivity index (χ0) is 17.5. The van der Waals surface area contributed by atoms with Gasteiger partial charge in [-0.3, -0.25) is 4.79 Å². The third-order valence-electron chi connectivity index (χ3n) is 3.10. The third kappa shape index (κ3) is 4.85. The molecule has 0 heterocycles. The summed E-state index contributed by atoms with van der Waals surface area (Å²) in [6.45, 7) is 3.75. The fraction of sp³-hybridized carbons (Fsp3) is 0.167. The first kappa shape index (κ1) is 17.0. The molecule has 0 saturated heterocycles. The molecule has 2 aromatic rings. The highest BCUT2D eigenvalue weighted by atomic mass is 16.2. The maximum absolute atomic E-state index is 12.1. The second-order valence-electron chi connectivity index (χ2n) is 5.47. The number of nitrogens with one attached hydrogen (secondary N) is 3. The van der Waals surface area contributed by atoms with E-state index in [-0.39, 0.29) is 18.0 Å². The Morgan fingerprint density at radius 2 is 1.46 bits per heavy atom. The standard InChI is InChI=1S/C18H18N4O2/c1-12(2)20-18(24)22-16-9-7-15(8-10-16)21-17(23)14-5-3-13(11-19)4-6-14/h3-10,12H,1-2H3,(H,21,23)(H2,20,22,24). The van der Waals surface area contributed by atoms with E-state index in [0.29, 0.717) is 22.5 Å². The Morgan fingerprint density at radius 3 is 1.96 bits per heavy atom. The maximum Gasteiger partial charge on any atom is 0.319 e. The Labute approximate surface area is 140 Å². The van der Waals surface area contributed by atoms with Crippen LogP contribution in [-0.2, 0) is 0 Å². The summed E-state index contributed by atoms with van der Waals surface area (Å²) in [6.07, 6.45) is 0. The topological polar surface area (TPSA) is 94.0 Å². The summed E-state index contributed by atoms with van der Waals surface area (Å²) < 4.78 is 0. The molecule has 0 spiro atoms. The molecule has 0 bridgehead atoms. The Hall–Kier alpha value is -3.33. The van der Waals surface area contributed by atoms with Gasteiger partial charge in [-0.15, -0.1) is 0 Å². The van der Waals surface area contributed by atoms with E-state index < -0.39 is 0 Å². The number of hydrogen-bond donors (Lipinski definition) is 3. The number of hydrogen-bond acceptors (Lipinski definition) is 3. The zero-order valence-corrected chi connectivity index (χ0v) is 13.5. The van der Waals surface area contributed by atoms with Crippen LogP contribution in [0.3, 0.4) is 0 Å². The monoisotopic (exact) mass is 322 g/mol. The molecule has 3 amide bonds. The van der Waals surface area contributed by atoms with Crippen LogP contribution in [0.2, 0.25) is 0 Å². The highest BCUT2D eigenvalue weighted by Crippen LogP contribution is 2.15. The van der Waals surface area contributed by atoms with E-state index in [9.17, 15) is 9.59 Å². The smallest absolute Gasteiger partial charge is 0.319 e. The molecule has 3 N–H and O–H groups in total. The van der Waals surface area contributed by atoms with Crippen LogP contribution in [0, 0.1) is 11.3 Å². The normalized spacial score (nSPS) is 9.92. The van der Waals surface area contributed by atoms with Crippen molar-refractivity contribution in [2.45, 2.75) is 19.9 Å². The van der Waals surface area contributed by atoms with E-state index in [1.54, 1.807) is 48.5 Å². The molecule has 0 aliphatic rings. The van der Waals surface area contributed by atoms with Gasteiger partial charge in [0.2, 0.25) is 0 Å². The number of benzene rings is 2. The average molecular weight is 322 g/mol.